The quantitative estimate of drug-likeness (QED) is 0.190. The first-order valence-corrected chi connectivity index (χ1v) is 16.0. The molecule has 1 unspecified atom stereocenters. The number of rotatable bonds is 11. The number of carbonyl (C=O) groups is 3. The van der Waals surface area contributed by atoms with Gasteiger partial charge in [-0.15, -0.1) is 0 Å². The zero-order valence-corrected chi connectivity index (χ0v) is 26.5. The third-order valence-electron chi connectivity index (χ3n) is 8.32. The van der Waals surface area contributed by atoms with Crippen molar-refractivity contribution >= 4 is 29.6 Å². The van der Waals surface area contributed by atoms with Gasteiger partial charge in [-0.1, -0.05) is 67.8 Å². The standard InChI is InChI=1S/C36H42N4O6/c1-26(27-13-6-3-7-14-27)45-34(42)25-40-24-28-23-31(44-22-12-19-33(41)39(2)29-15-8-4-9-16-29)20-21-32(28)37-35(40)38-36(43)46-30-17-10-5-11-18-30/h3,5-7,10-11,13-14,17-18,20-21,23,26,29H,4,8-9,12,15-16,19,22,24-25H2,1-2H3,(H,37,38,43). The number of hydrogen-bond acceptors (Lipinski definition) is 8. The highest BCUT2D eigenvalue weighted by atomic mass is 16.6. The predicted molar refractivity (Wildman–Crippen MR) is 175 cm³/mol. The Hall–Kier alpha value is -4.86. The number of carbonyl (C=O) groups excluding carboxylic acids is 3. The van der Waals surface area contributed by atoms with Crippen molar-refractivity contribution in [2.75, 3.05) is 20.2 Å². The van der Waals surface area contributed by atoms with Crippen LogP contribution in [-0.4, -0.2) is 60.0 Å². The molecule has 0 bridgehead atoms. The van der Waals surface area contributed by atoms with E-state index in [4.69, 9.17) is 14.2 Å². The first-order chi connectivity index (χ1) is 22.4. The number of fused-ring (bicyclic) bond motifs is 1. The van der Waals surface area contributed by atoms with E-state index in [1.165, 1.54) is 19.3 Å². The molecule has 5 rings (SSSR count). The molecular weight excluding hydrogens is 584 g/mol. The molecule has 1 heterocycles. The van der Waals surface area contributed by atoms with Crippen LogP contribution < -0.4 is 14.8 Å². The average Bonchev–Trinajstić information content (AvgIpc) is 3.07. The van der Waals surface area contributed by atoms with Gasteiger partial charge in [0.15, 0.2) is 0 Å². The summed E-state index contributed by atoms with van der Waals surface area (Å²) in [6.45, 7) is 2.34. The number of para-hydroxylation sites is 1. The summed E-state index contributed by atoms with van der Waals surface area (Å²) in [6.07, 6.45) is 5.68. The molecule has 10 nitrogen and oxygen atoms in total. The fraction of sp³-hybridized carbons (Fsp3) is 0.389. The van der Waals surface area contributed by atoms with Crippen LogP contribution in [0.25, 0.3) is 0 Å². The van der Waals surface area contributed by atoms with Gasteiger partial charge in [0.1, 0.15) is 24.1 Å². The molecule has 2 amide bonds. The van der Waals surface area contributed by atoms with Crippen LogP contribution in [0.2, 0.25) is 0 Å². The number of nitrogens with zero attached hydrogens (tertiary/aromatic N) is 3. The Bertz CT molecular complexity index is 1510. The van der Waals surface area contributed by atoms with E-state index in [-0.39, 0.29) is 25.0 Å². The van der Waals surface area contributed by atoms with Crippen molar-refractivity contribution in [3.63, 3.8) is 0 Å². The van der Waals surface area contributed by atoms with Crippen molar-refractivity contribution in [3.05, 3.63) is 90.0 Å². The Balaban J connectivity index is 1.22. The molecule has 1 aliphatic carbocycles. The Morgan fingerprint density at radius 2 is 1.67 bits per heavy atom. The maximum Gasteiger partial charge on any atom is 0.419 e. The van der Waals surface area contributed by atoms with Gasteiger partial charge >= 0.3 is 12.1 Å². The summed E-state index contributed by atoms with van der Waals surface area (Å²) in [5.74, 6) is 0.879. The molecule has 3 aromatic carbocycles. The highest BCUT2D eigenvalue weighted by Gasteiger charge is 2.26. The minimum absolute atomic E-state index is 0.150. The Kier molecular flexibility index (Phi) is 11.3. The van der Waals surface area contributed by atoms with Crippen molar-refractivity contribution in [3.8, 4) is 11.5 Å². The Morgan fingerprint density at radius 3 is 2.41 bits per heavy atom. The lowest BCUT2D eigenvalue weighted by atomic mass is 9.94. The van der Waals surface area contributed by atoms with Crippen LogP contribution in [0.4, 0.5) is 10.5 Å². The third kappa shape index (κ3) is 9.09. The van der Waals surface area contributed by atoms with Gasteiger partial charge in [0.05, 0.1) is 12.3 Å². The highest BCUT2D eigenvalue weighted by molar-refractivity contribution is 5.98. The summed E-state index contributed by atoms with van der Waals surface area (Å²) < 4.78 is 17.1. The zero-order chi connectivity index (χ0) is 32.3. The summed E-state index contributed by atoms with van der Waals surface area (Å²) in [6, 6.07) is 24.0. The molecule has 0 saturated heterocycles. The molecule has 10 heteroatoms. The smallest absolute Gasteiger partial charge is 0.419 e. The van der Waals surface area contributed by atoms with E-state index >= 15 is 0 Å². The number of guanidine groups is 1. The molecule has 46 heavy (non-hydrogen) atoms. The van der Waals surface area contributed by atoms with Crippen molar-refractivity contribution in [1.29, 1.82) is 0 Å². The van der Waals surface area contributed by atoms with E-state index in [1.54, 1.807) is 29.2 Å². The second-order valence-corrected chi connectivity index (χ2v) is 11.7. The van der Waals surface area contributed by atoms with Gasteiger partial charge in [-0.25, -0.2) is 9.79 Å². The summed E-state index contributed by atoms with van der Waals surface area (Å²) in [4.78, 5) is 46.7. The Labute approximate surface area is 270 Å². The van der Waals surface area contributed by atoms with Gasteiger partial charge in [0, 0.05) is 31.6 Å². The lowest BCUT2D eigenvalue weighted by molar-refractivity contribution is -0.149. The maximum absolute atomic E-state index is 13.1. The number of ether oxygens (including phenoxy) is 3. The second-order valence-electron chi connectivity index (χ2n) is 11.7. The van der Waals surface area contributed by atoms with Crippen LogP contribution >= 0.6 is 0 Å². The topological polar surface area (TPSA) is 110 Å². The molecule has 3 aromatic rings. The molecule has 1 aliphatic heterocycles. The summed E-state index contributed by atoms with van der Waals surface area (Å²) in [5.41, 5.74) is 2.33. The largest absolute Gasteiger partial charge is 0.494 e. The van der Waals surface area contributed by atoms with E-state index in [1.807, 2.05) is 73.5 Å². The SMILES string of the molecule is CC(OC(=O)CN1Cc2cc(OCCCC(=O)N(C)C3CCCCC3)ccc2N=C1NC(=O)Oc1ccccc1)c1ccccc1. The first-order valence-electron chi connectivity index (χ1n) is 16.0. The molecule has 0 radical (unpaired) electrons. The van der Waals surface area contributed by atoms with Crippen LogP contribution in [0.15, 0.2) is 83.9 Å². The lowest BCUT2D eigenvalue weighted by Gasteiger charge is -2.31. The molecule has 242 valence electrons. The van der Waals surface area contributed by atoms with Crippen molar-refractivity contribution in [2.24, 2.45) is 4.99 Å². The van der Waals surface area contributed by atoms with Crippen molar-refractivity contribution < 1.29 is 28.6 Å². The third-order valence-corrected chi connectivity index (χ3v) is 8.32. The van der Waals surface area contributed by atoms with Gasteiger partial charge in [0.2, 0.25) is 11.9 Å². The molecule has 1 N–H and O–H groups in total. The monoisotopic (exact) mass is 626 g/mol. The number of nitrogens with one attached hydrogen (secondary N) is 1. The predicted octanol–water partition coefficient (Wildman–Crippen LogP) is 6.53. The van der Waals surface area contributed by atoms with Gasteiger partial charge in [-0.05, 0) is 62.1 Å². The van der Waals surface area contributed by atoms with Gasteiger partial charge in [-0.3, -0.25) is 14.9 Å². The van der Waals surface area contributed by atoms with Gasteiger partial charge < -0.3 is 24.0 Å². The van der Waals surface area contributed by atoms with Crippen LogP contribution in [0.5, 0.6) is 11.5 Å². The molecule has 1 fully saturated rings. The number of benzene rings is 3. The van der Waals surface area contributed by atoms with Gasteiger partial charge in [0.25, 0.3) is 0 Å². The number of hydrogen-bond donors (Lipinski definition) is 1. The number of aliphatic imine (C=N–C) groups is 1. The summed E-state index contributed by atoms with van der Waals surface area (Å²) >= 11 is 0. The van der Waals surface area contributed by atoms with E-state index in [2.05, 4.69) is 10.3 Å². The van der Waals surface area contributed by atoms with Crippen LogP contribution in [0.1, 0.15) is 69.1 Å². The molecule has 1 saturated carbocycles. The van der Waals surface area contributed by atoms with Crippen LogP contribution in [0, 0.1) is 0 Å². The summed E-state index contributed by atoms with van der Waals surface area (Å²) in [7, 11) is 1.91. The van der Waals surface area contributed by atoms with Crippen molar-refractivity contribution in [1.82, 2.24) is 15.1 Å². The van der Waals surface area contributed by atoms with Crippen molar-refractivity contribution in [2.45, 2.75) is 70.6 Å². The van der Waals surface area contributed by atoms with E-state index in [0.29, 0.717) is 42.7 Å². The number of amides is 2. The second kappa shape index (κ2) is 15.9. The van der Waals surface area contributed by atoms with E-state index in [0.717, 1.165) is 24.0 Å². The fourth-order valence-electron chi connectivity index (χ4n) is 5.75. The minimum Gasteiger partial charge on any atom is -0.494 e. The highest BCUT2D eigenvalue weighted by Crippen LogP contribution is 2.30. The van der Waals surface area contributed by atoms with Gasteiger partial charge in [-0.2, -0.15) is 0 Å². The van der Waals surface area contributed by atoms with E-state index in [9.17, 15) is 14.4 Å². The first kappa shape index (κ1) is 32.5. The molecular formula is C36H42N4O6. The molecule has 2 aliphatic rings. The normalized spacial score (nSPS) is 15.2. The fourth-order valence-corrected chi connectivity index (χ4v) is 5.75. The summed E-state index contributed by atoms with van der Waals surface area (Å²) in [5, 5.41) is 2.69. The molecule has 0 aromatic heterocycles. The molecule has 0 spiro atoms. The zero-order valence-electron chi connectivity index (χ0n) is 26.5. The molecule has 1 atom stereocenters. The minimum atomic E-state index is -0.729. The Morgan fingerprint density at radius 1 is 0.957 bits per heavy atom. The average molecular weight is 627 g/mol. The lowest BCUT2D eigenvalue weighted by Crippen LogP contribution is -2.48. The maximum atomic E-state index is 13.1. The van der Waals surface area contributed by atoms with Crippen LogP contribution in [0.3, 0.4) is 0 Å². The van der Waals surface area contributed by atoms with E-state index < -0.39 is 18.2 Å². The van der Waals surface area contributed by atoms with Crippen LogP contribution in [-0.2, 0) is 20.9 Å². The number of esters is 1.